The molecule has 1 heterocycles. The number of rotatable bonds is 3. The van der Waals surface area contributed by atoms with Gasteiger partial charge in [0.15, 0.2) is 23.7 Å². The number of carbonyl (C=O) groups is 1. The molecule has 0 saturated heterocycles. The number of hydrogen-bond acceptors (Lipinski definition) is 4. The third-order valence-corrected chi connectivity index (χ3v) is 2.37. The fourth-order valence-corrected chi connectivity index (χ4v) is 1.49. The van der Waals surface area contributed by atoms with Crippen molar-refractivity contribution >= 4 is 5.97 Å². The monoisotopic (exact) mass is 253 g/mol. The number of methoxy groups -OCH3 is 1. The summed E-state index contributed by atoms with van der Waals surface area (Å²) in [5, 5.41) is 0. The van der Waals surface area contributed by atoms with E-state index in [0.29, 0.717) is 5.56 Å². The van der Waals surface area contributed by atoms with Gasteiger partial charge in [-0.3, -0.25) is 0 Å². The summed E-state index contributed by atoms with van der Waals surface area (Å²) >= 11 is 0. The zero-order chi connectivity index (χ0) is 13.1. The summed E-state index contributed by atoms with van der Waals surface area (Å²) in [6.45, 7) is 0. The highest BCUT2D eigenvalue weighted by molar-refractivity contribution is 5.88. The van der Waals surface area contributed by atoms with Crippen molar-refractivity contribution in [3.8, 4) is 0 Å². The minimum atomic E-state index is -0.952. The average molecular weight is 253 g/mol. The Kier molecular flexibility index (Phi) is 3.36. The van der Waals surface area contributed by atoms with Crippen LogP contribution >= 0.6 is 0 Å². The third kappa shape index (κ3) is 2.37. The van der Waals surface area contributed by atoms with Crippen LogP contribution in [-0.4, -0.2) is 18.1 Å². The lowest BCUT2D eigenvalue weighted by atomic mass is 10.1. The van der Waals surface area contributed by atoms with E-state index in [1.165, 1.54) is 13.2 Å². The molecule has 0 aliphatic rings. The molecule has 0 radical (unpaired) electrons. The number of esters is 1. The van der Waals surface area contributed by atoms with E-state index in [4.69, 9.17) is 4.42 Å². The van der Waals surface area contributed by atoms with Gasteiger partial charge < -0.3 is 9.15 Å². The van der Waals surface area contributed by atoms with Gasteiger partial charge in [0.05, 0.1) is 7.11 Å². The van der Waals surface area contributed by atoms with Crippen LogP contribution in [0.4, 0.5) is 8.78 Å². The number of benzene rings is 1. The van der Waals surface area contributed by atoms with Gasteiger partial charge in [-0.05, 0) is 17.7 Å². The second kappa shape index (κ2) is 4.95. The molecule has 0 fully saturated rings. The Hall–Kier alpha value is -2.24. The Balaban J connectivity index is 2.26. The lowest BCUT2D eigenvalue weighted by Gasteiger charge is -2.01. The molecule has 0 atom stereocenters. The summed E-state index contributed by atoms with van der Waals surface area (Å²) in [7, 11) is 1.22. The van der Waals surface area contributed by atoms with E-state index in [-0.39, 0.29) is 17.9 Å². The van der Waals surface area contributed by atoms with E-state index in [0.717, 1.165) is 18.5 Å². The standard InChI is InChI=1S/C12H9F2NO3/c1-17-12(16)11-10(18-6-15-11)5-7-2-3-8(13)9(14)4-7/h2-4,6H,5H2,1H3. The number of ether oxygens (including phenoxy) is 1. The van der Waals surface area contributed by atoms with Gasteiger partial charge in [-0.2, -0.15) is 0 Å². The highest BCUT2D eigenvalue weighted by Gasteiger charge is 2.17. The van der Waals surface area contributed by atoms with E-state index in [2.05, 4.69) is 9.72 Å². The molecule has 94 valence electrons. The van der Waals surface area contributed by atoms with Gasteiger partial charge in [0.2, 0.25) is 0 Å². The van der Waals surface area contributed by atoms with Crippen molar-refractivity contribution in [2.75, 3.05) is 7.11 Å². The Morgan fingerprint density at radius 3 is 2.83 bits per heavy atom. The zero-order valence-electron chi connectivity index (χ0n) is 9.44. The number of carbonyl (C=O) groups excluding carboxylic acids is 1. The van der Waals surface area contributed by atoms with Crippen LogP contribution in [0.2, 0.25) is 0 Å². The largest absolute Gasteiger partial charge is 0.464 e. The van der Waals surface area contributed by atoms with Crippen LogP contribution in [0.3, 0.4) is 0 Å². The Morgan fingerprint density at radius 2 is 2.17 bits per heavy atom. The van der Waals surface area contributed by atoms with Crippen LogP contribution in [0.1, 0.15) is 21.8 Å². The number of aromatic nitrogens is 1. The molecule has 0 unspecified atom stereocenters. The predicted octanol–water partition coefficient (Wildman–Crippen LogP) is 2.33. The number of nitrogens with zero attached hydrogens (tertiary/aromatic N) is 1. The molecular formula is C12H9F2NO3. The first-order valence-electron chi connectivity index (χ1n) is 5.06. The van der Waals surface area contributed by atoms with Gasteiger partial charge in [0.1, 0.15) is 5.76 Å². The maximum atomic E-state index is 13.0. The second-order valence-corrected chi connectivity index (χ2v) is 3.54. The van der Waals surface area contributed by atoms with Crippen LogP contribution in [0.15, 0.2) is 29.0 Å². The zero-order valence-corrected chi connectivity index (χ0v) is 9.44. The van der Waals surface area contributed by atoms with Gasteiger partial charge >= 0.3 is 5.97 Å². The summed E-state index contributed by atoms with van der Waals surface area (Å²) in [4.78, 5) is 15.0. The maximum absolute atomic E-state index is 13.0. The summed E-state index contributed by atoms with van der Waals surface area (Å²) in [5.74, 6) is -2.27. The molecule has 4 nitrogen and oxygen atoms in total. The van der Waals surface area contributed by atoms with E-state index < -0.39 is 17.6 Å². The minimum Gasteiger partial charge on any atom is -0.464 e. The lowest BCUT2D eigenvalue weighted by molar-refractivity contribution is 0.0592. The van der Waals surface area contributed by atoms with E-state index >= 15 is 0 Å². The van der Waals surface area contributed by atoms with Crippen LogP contribution in [0.25, 0.3) is 0 Å². The first-order valence-corrected chi connectivity index (χ1v) is 5.06. The molecular weight excluding hydrogens is 244 g/mol. The van der Waals surface area contributed by atoms with Crippen molar-refractivity contribution in [3.05, 3.63) is 53.2 Å². The van der Waals surface area contributed by atoms with Crippen LogP contribution in [0, 0.1) is 11.6 Å². The van der Waals surface area contributed by atoms with Crippen molar-refractivity contribution in [2.45, 2.75) is 6.42 Å². The molecule has 18 heavy (non-hydrogen) atoms. The normalized spacial score (nSPS) is 10.4. The smallest absolute Gasteiger partial charge is 0.360 e. The van der Waals surface area contributed by atoms with Gasteiger partial charge in [-0.1, -0.05) is 6.07 Å². The molecule has 0 bridgehead atoms. The topological polar surface area (TPSA) is 52.3 Å². The molecule has 0 spiro atoms. The predicted molar refractivity (Wildman–Crippen MR) is 57.0 cm³/mol. The van der Waals surface area contributed by atoms with Gasteiger partial charge in [0, 0.05) is 6.42 Å². The molecule has 2 aromatic rings. The molecule has 0 aliphatic heterocycles. The molecule has 0 N–H and O–H groups in total. The molecule has 6 heteroatoms. The van der Waals surface area contributed by atoms with Crippen molar-refractivity contribution in [2.24, 2.45) is 0 Å². The van der Waals surface area contributed by atoms with Gasteiger partial charge in [0.25, 0.3) is 0 Å². The quantitative estimate of drug-likeness (QED) is 0.788. The molecule has 1 aromatic heterocycles. The SMILES string of the molecule is COC(=O)c1ncoc1Cc1ccc(F)c(F)c1. The van der Waals surface area contributed by atoms with Crippen molar-refractivity contribution < 1.29 is 22.7 Å². The second-order valence-electron chi connectivity index (χ2n) is 3.54. The molecule has 0 amide bonds. The van der Waals surface area contributed by atoms with Gasteiger partial charge in [-0.25, -0.2) is 18.6 Å². The number of halogens is 2. The fraction of sp³-hybridized carbons (Fsp3) is 0.167. The Bertz CT molecular complexity index is 580. The molecule has 1 aromatic carbocycles. The summed E-state index contributed by atoms with van der Waals surface area (Å²) in [6.07, 6.45) is 1.23. The minimum absolute atomic E-state index is 0.0298. The van der Waals surface area contributed by atoms with E-state index in [9.17, 15) is 13.6 Å². The van der Waals surface area contributed by atoms with Crippen LogP contribution in [0.5, 0.6) is 0 Å². The highest BCUT2D eigenvalue weighted by atomic mass is 19.2. The average Bonchev–Trinajstić information content (AvgIpc) is 2.81. The number of oxazole rings is 1. The van der Waals surface area contributed by atoms with Crippen LogP contribution < -0.4 is 0 Å². The first-order chi connectivity index (χ1) is 8.61. The van der Waals surface area contributed by atoms with E-state index in [1.807, 2.05) is 0 Å². The maximum Gasteiger partial charge on any atom is 0.360 e. The van der Waals surface area contributed by atoms with Crippen LogP contribution in [-0.2, 0) is 11.2 Å². The number of hydrogen-bond donors (Lipinski definition) is 0. The fourth-order valence-electron chi connectivity index (χ4n) is 1.49. The van der Waals surface area contributed by atoms with Crippen molar-refractivity contribution in [3.63, 3.8) is 0 Å². The van der Waals surface area contributed by atoms with E-state index in [1.54, 1.807) is 0 Å². The van der Waals surface area contributed by atoms with Crippen molar-refractivity contribution in [1.82, 2.24) is 4.98 Å². The van der Waals surface area contributed by atoms with Gasteiger partial charge in [-0.15, -0.1) is 0 Å². The highest BCUT2D eigenvalue weighted by Crippen LogP contribution is 2.16. The Labute approximate surface area is 101 Å². The summed E-state index contributed by atoms with van der Waals surface area (Å²) in [5.41, 5.74) is 0.498. The molecule has 0 aliphatic carbocycles. The summed E-state index contributed by atoms with van der Waals surface area (Å²) in [6, 6.07) is 3.46. The Morgan fingerprint density at radius 1 is 1.39 bits per heavy atom. The first kappa shape index (κ1) is 12.2. The lowest BCUT2D eigenvalue weighted by Crippen LogP contribution is -2.05. The molecule has 2 rings (SSSR count). The molecule has 0 saturated carbocycles. The van der Waals surface area contributed by atoms with Crippen molar-refractivity contribution in [1.29, 1.82) is 0 Å². The summed E-state index contributed by atoms with van der Waals surface area (Å²) < 4.78 is 35.3. The third-order valence-electron chi connectivity index (χ3n) is 2.37.